The molecule has 1 aliphatic rings. The maximum atomic E-state index is 5.36. The average molecular weight is 306 g/mol. The first-order valence-electron chi connectivity index (χ1n) is 8.25. The van der Waals surface area contributed by atoms with Gasteiger partial charge in [0.1, 0.15) is 5.75 Å². The fourth-order valence-corrected chi connectivity index (χ4v) is 3.65. The molecule has 0 bridgehead atoms. The number of ether oxygens (including phenoxy) is 1. The van der Waals surface area contributed by atoms with E-state index in [2.05, 4.69) is 58.5 Å². The van der Waals surface area contributed by atoms with E-state index in [-0.39, 0.29) is 0 Å². The first-order chi connectivity index (χ1) is 11.3. The van der Waals surface area contributed by atoms with Gasteiger partial charge in [0.05, 0.1) is 7.11 Å². The van der Waals surface area contributed by atoms with Gasteiger partial charge in [-0.1, -0.05) is 30.3 Å². The number of H-pyrrole nitrogens is 1. The molecule has 1 unspecified atom stereocenters. The van der Waals surface area contributed by atoms with E-state index in [9.17, 15) is 0 Å². The number of hydrogen-bond acceptors (Lipinski definition) is 2. The summed E-state index contributed by atoms with van der Waals surface area (Å²) >= 11 is 0. The molecule has 0 saturated carbocycles. The van der Waals surface area contributed by atoms with Crippen molar-refractivity contribution in [2.24, 2.45) is 0 Å². The Hall–Kier alpha value is -2.26. The van der Waals surface area contributed by atoms with Crippen molar-refractivity contribution in [3.63, 3.8) is 0 Å². The van der Waals surface area contributed by atoms with E-state index in [1.54, 1.807) is 7.11 Å². The lowest BCUT2D eigenvalue weighted by atomic mass is 9.98. The van der Waals surface area contributed by atoms with Crippen molar-refractivity contribution in [1.82, 2.24) is 9.88 Å². The van der Waals surface area contributed by atoms with Gasteiger partial charge >= 0.3 is 0 Å². The van der Waals surface area contributed by atoms with Crippen molar-refractivity contribution in [2.75, 3.05) is 20.2 Å². The molecule has 0 amide bonds. The molecule has 2 aromatic carbocycles. The van der Waals surface area contributed by atoms with Gasteiger partial charge in [-0.2, -0.15) is 0 Å². The molecule has 23 heavy (non-hydrogen) atoms. The van der Waals surface area contributed by atoms with Gasteiger partial charge in [0.25, 0.3) is 0 Å². The molecule has 3 nitrogen and oxygen atoms in total. The third-order valence-corrected chi connectivity index (χ3v) is 4.91. The van der Waals surface area contributed by atoms with E-state index in [0.717, 1.165) is 25.4 Å². The monoisotopic (exact) mass is 306 g/mol. The smallest absolute Gasteiger partial charge is 0.119 e. The highest BCUT2D eigenvalue weighted by Gasteiger charge is 2.24. The van der Waals surface area contributed by atoms with Crippen LogP contribution in [-0.4, -0.2) is 30.1 Å². The zero-order valence-electron chi connectivity index (χ0n) is 13.5. The van der Waals surface area contributed by atoms with E-state index in [1.165, 1.54) is 28.5 Å². The SMILES string of the molecule is COc1cccc(C2CCN(Cc3c[nH]c4ccccc34)C2)c1. The number of rotatable bonds is 4. The molecule has 118 valence electrons. The minimum absolute atomic E-state index is 0.607. The van der Waals surface area contributed by atoms with Crippen LogP contribution in [0.5, 0.6) is 5.75 Å². The Kier molecular flexibility index (Phi) is 3.80. The highest BCUT2D eigenvalue weighted by molar-refractivity contribution is 5.82. The highest BCUT2D eigenvalue weighted by Crippen LogP contribution is 2.31. The van der Waals surface area contributed by atoms with Crippen LogP contribution in [-0.2, 0) is 6.54 Å². The minimum atomic E-state index is 0.607. The van der Waals surface area contributed by atoms with Crippen LogP contribution in [0.15, 0.2) is 54.7 Å². The molecule has 1 atom stereocenters. The van der Waals surface area contributed by atoms with Gasteiger partial charge in [-0.25, -0.2) is 0 Å². The van der Waals surface area contributed by atoms with Gasteiger partial charge in [0.15, 0.2) is 0 Å². The number of para-hydroxylation sites is 1. The zero-order valence-corrected chi connectivity index (χ0v) is 13.5. The average Bonchev–Trinajstić information content (AvgIpc) is 3.23. The lowest BCUT2D eigenvalue weighted by Gasteiger charge is -2.16. The Labute approximate surface area is 136 Å². The Balaban J connectivity index is 1.48. The molecule has 1 fully saturated rings. The van der Waals surface area contributed by atoms with Crippen molar-refractivity contribution < 1.29 is 4.74 Å². The van der Waals surface area contributed by atoms with E-state index in [0.29, 0.717) is 5.92 Å². The quantitative estimate of drug-likeness (QED) is 0.783. The van der Waals surface area contributed by atoms with E-state index >= 15 is 0 Å². The van der Waals surface area contributed by atoms with E-state index < -0.39 is 0 Å². The van der Waals surface area contributed by atoms with Crippen LogP contribution in [0.4, 0.5) is 0 Å². The van der Waals surface area contributed by atoms with Gasteiger partial charge in [-0.3, -0.25) is 4.90 Å². The lowest BCUT2D eigenvalue weighted by molar-refractivity contribution is 0.328. The fourth-order valence-electron chi connectivity index (χ4n) is 3.65. The Morgan fingerprint density at radius 2 is 2.09 bits per heavy atom. The number of nitrogens with zero attached hydrogens (tertiary/aromatic N) is 1. The molecule has 0 radical (unpaired) electrons. The summed E-state index contributed by atoms with van der Waals surface area (Å²) in [5.41, 5.74) is 4.02. The Bertz CT molecular complexity index is 808. The summed E-state index contributed by atoms with van der Waals surface area (Å²) in [6, 6.07) is 17.1. The van der Waals surface area contributed by atoms with Crippen LogP contribution >= 0.6 is 0 Å². The normalized spacial score (nSPS) is 18.6. The third-order valence-electron chi connectivity index (χ3n) is 4.91. The topological polar surface area (TPSA) is 28.3 Å². The second-order valence-corrected chi connectivity index (χ2v) is 6.36. The van der Waals surface area contributed by atoms with Gasteiger partial charge in [0.2, 0.25) is 0 Å². The molecule has 0 aliphatic carbocycles. The van der Waals surface area contributed by atoms with E-state index in [4.69, 9.17) is 4.74 Å². The maximum Gasteiger partial charge on any atom is 0.119 e. The van der Waals surface area contributed by atoms with Crippen molar-refractivity contribution in [3.05, 3.63) is 65.9 Å². The van der Waals surface area contributed by atoms with Crippen molar-refractivity contribution in [1.29, 1.82) is 0 Å². The number of aromatic nitrogens is 1. The van der Waals surface area contributed by atoms with Crippen LogP contribution in [0.25, 0.3) is 10.9 Å². The van der Waals surface area contributed by atoms with E-state index in [1.807, 2.05) is 6.07 Å². The third kappa shape index (κ3) is 2.84. The molecular weight excluding hydrogens is 284 g/mol. The second kappa shape index (κ2) is 6.09. The molecule has 1 N–H and O–H groups in total. The van der Waals surface area contributed by atoms with Gasteiger partial charge in [0, 0.05) is 30.2 Å². The predicted molar refractivity (Wildman–Crippen MR) is 93.9 cm³/mol. The standard InChI is InChI=1S/C20H22N2O/c1-23-18-6-4-5-15(11-18)16-9-10-22(13-16)14-17-12-21-20-8-3-2-7-19(17)20/h2-8,11-12,16,21H,9-10,13-14H2,1H3. The van der Waals surface area contributed by atoms with Crippen molar-refractivity contribution in [3.8, 4) is 5.75 Å². The number of fused-ring (bicyclic) bond motifs is 1. The number of aromatic amines is 1. The number of hydrogen-bond donors (Lipinski definition) is 1. The molecule has 0 spiro atoms. The largest absolute Gasteiger partial charge is 0.497 e. The summed E-state index contributed by atoms with van der Waals surface area (Å²) in [6.45, 7) is 3.29. The van der Waals surface area contributed by atoms with Crippen LogP contribution < -0.4 is 4.74 Å². The minimum Gasteiger partial charge on any atom is -0.497 e. The molecule has 1 saturated heterocycles. The molecule has 2 heterocycles. The first-order valence-corrected chi connectivity index (χ1v) is 8.25. The first kappa shape index (κ1) is 14.3. The Morgan fingerprint density at radius 3 is 3.00 bits per heavy atom. The lowest BCUT2D eigenvalue weighted by Crippen LogP contribution is -2.19. The molecule has 3 heteroatoms. The maximum absolute atomic E-state index is 5.36. The summed E-state index contributed by atoms with van der Waals surface area (Å²) in [5, 5.41) is 1.34. The highest BCUT2D eigenvalue weighted by atomic mass is 16.5. The Morgan fingerprint density at radius 1 is 1.17 bits per heavy atom. The molecule has 4 rings (SSSR count). The predicted octanol–water partition coefficient (Wildman–Crippen LogP) is 4.17. The number of likely N-dealkylation sites (tertiary alicyclic amines) is 1. The molecule has 3 aromatic rings. The molecule has 1 aliphatic heterocycles. The van der Waals surface area contributed by atoms with Crippen LogP contribution in [0, 0.1) is 0 Å². The van der Waals surface area contributed by atoms with Crippen molar-refractivity contribution in [2.45, 2.75) is 18.9 Å². The molecule has 1 aromatic heterocycles. The fraction of sp³-hybridized carbons (Fsp3) is 0.300. The van der Waals surface area contributed by atoms with Gasteiger partial charge < -0.3 is 9.72 Å². The summed E-state index contributed by atoms with van der Waals surface area (Å²) in [7, 11) is 1.73. The summed E-state index contributed by atoms with van der Waals surface area (Å²) in [4.78, 5) is 5.93. The summed E-state index contributed by atoms with van der Waals surface area (Å²) < 4.78 is 5.36. The van der Waals surface area contributed by atoms with Crippen LogP contribution in [0.1, 0.15) is 23.5 Å². The molecular formula is C20H22N2O. The van der Waals surface area contributed by atoms with Crippen LogP contribution in [0.2, 0.25) is 0 Å². The van der Waals surface area contributed by atoms with Gasteiger partial charge in [-0.05, 0) is 48.2 Å². The zero-order chi connectivity index (χ0) is 15.6. The second-order valence-electron chi connectivity index (χ2n) is 6.36. The number of nitrogens with one attached hydrogen (secondary N) is 1. The summed E-state index contributed by atoms with van der Waals surface area (Å²) in [5.74, 6) is 1.56. The summed E-state index contributed by atoms with van der Waals surface area (Å²) in [6.07, 6.45) is 3.37. The number of methoxy groups -OCH3 is 1. The van der Waals surface area contributed by atoms with Gasteiger partial charge in [-0.15, -0.1) is 0 Å². The number of benzene rings is 2. The van der Waals surface area contributed by atoms with Crippen LogP contribution in [0.3, 0.4) is 0 Å². The van der Waals surface area contributed by atoms with Crippen molar-refractivity contribution >= 4 is 10.9 Å².